The number of aryl methyl sites for hydroxylation is 1. The summed E-state index contributed by atoms with van der Waals surface area (Å²) in [5.41, 5.74) is 2.67. The zero-order valence-corrected chi connectivity index (χ0v) is 13.7. The fourth-order valence-corrected chi connectivity index (χ4v) is 6.08. The fourth-order valence-electron chi connectivity index (χ4n) is 5.11. The second-order valence-corrected chi connectivity index (χ2v) is 8.35. The zero-order valence-electron chi connectivity index (χ0n) is 12.9. The Morgan fingerprint density at radius 2 is 1.64 bits per heavy atom. The molecule has 3 nitrogen and oxygen atoms in total. The van der Waals surface area contributed by atoms with Crippen molar-refractivity contribution in [1.82, 2.24) is 4.57 Å². The number of hydrogen-bond donors (Lipinski definition) is 0. The number of benzene rings is 1. The molecule has 4 fully saturated rings. The summed E-state index contributed by atoms with van der Waals surface area (Å²) >= 11 is 1.74. The molecule has 4 aliphatic rings. The molecule has 0 spiro atoms. The molecular weight excluding hydrogens is 290 g/mol. The Balaban J connectivity index is 1.56. The highest BCUT2D eigenvalue weighted by Gasteiger charge is 2.46. The normalized spacial score (nSPS) is 33.9. The van der Waals surface area contributed by atoms with E-state index in [1.165, 1.54) is 48.0 Å². The summed E-state index contributed by atoms with van der Waals surface area (Å²) in [6.45, 7) is 0. The molecule has 4 bridgehead atoms. The lowest BCUT2D eigenvalue weighted by Gasteiger charge is -2.50. The van der Waals surface area contributed by atoms with Crippen molar-refractivity contribution >= 4 is 27.3 Å². The molecular formula is C18H21N3S. The second kappa shape index (κ2) is 4.79. The van der Waals surface area contributed by atoms with Gasteiger partial charge in [0.15, 0.2) is 0 Å². The van der Waals surface area contributed by atoms with Crippen LogP contribution in [0.1, 0.15) is 32.1 Å². The third kappa shape index (κ3) is 1.93. The van der Waals surface area contributed by atoms with Gasteiger partial charge in [0.2, 0.25) is 4.80 Å². The Morgan fingerprint density at radius 1 is 0.955 bits per heavy atom. The van der Waals surface area contributed by atoms with Crippen LogP contribution in [0.15, 0.2) is 34.5 Å². The molecule has 4 heteroatoms. The molecule has 1 aromatic heterocycles. The first kappa shape index (κ1) is 13.1. The lowest BCUT2D eigenvalue weighted by atomic mass is 9.55. The summed E-state index contributed by atoms with van der Waals surface area (Å²) in [5.74, 6) is 3.45. The van der Waals surface area contributed by atoms with E-state index in [1.54, 1.807) is 11.3 Å². The molecule has 22 heavy (non-hydrogen) atoms. The highest BCUT2D eigenvalue weighted by Crippen LogP contribution is 2.52. The standard InChI is InChI=1S/C18H21N3S/c1-21-15-4-2-3-5-16(15)22-18(21)20-19-17-13-7-11-6-12(9-13)10-14(17)8-11/h2-5,11-14H,6-10H2,1H3/b19-17?,20-18+. The second-order valence-electron chi connectivity index (χ2n) is 7.34. The molecule has 6 rings (SSSR count). The molecule has 1 aromatic carbocycles. The first-order chi connectivity index (χ1) is 10.8. The van der Waals surface area contributed by atoms with Gasteiger partial charge in [-0.3, -0.25) is 0 Å². The van der Waals surface area contributed by atoms with Crippen molar-refractivity contribution in [2.24, 2.45) is 40.9 Å². The summed E-state index contributed by atoms with van der Waals surface area (Å²) in [6, 6.07) is 8.49. The van der Waals surface area contributed by atoms with Gasteiger partial charge in [0.25, 0.3) is 0 Å². The van der Waals surface area contributed by atoms with E-state index >= 15 is 0 Å². The Hall–Kier alpha value is -1.42. The maximum atomic E-state index is 4.78. The Kier molecular flexibility index (Phi) is 2.84. The van der Waals surface area contributed by atoms with Crippen LogP contribution < -0.4 is 4.80 Å². The summed E-state index contributed by atoms with van der Waals surface area (Å²) in [6.07, 6.45) is 6.99. The van der Waals surface area contributed by atoms with E-state index in [0.717, 1.165) is 28.5 Å². The lowest BCUT2D eigenvalue weighted by Crippen LogP contribution is -2.45. The van der Waals surface area contributed by atoms with Gasteiger partial charge in [-0.1, -0.05) is 23.5 Å². The van der Waals surface area contributed by atoms with E-state index in [0.29, 0.717) is 0 Å². The smallest absolute Gasteiger partial charge is 0.211 e. The Bertz CT molecular complexity index is 796. The monoisotopic (exact) mass is 311 g/mol. The van der Waals surface area contributed by atoms with Gasteiger partial charge in [-0.15, -0.1) is 5.10 Å². The predicted octanol–water partition coefficient (Wildman–Crippen LogP) is 3.95. The molecule has 0 amide bonds. The van der Waals surface area contributed by atoms with E-state index < -0.39 is 0 Å². The van der Waals surface area contributed by atoms with Crippen molar-refractivity contribution in [3.05, 3.63) is 29.1 Å². The van der Waals surface area contributed by atoms with Gasteiger partial charge >= 0.3 is 0 Å². The number of fused-ring (bicyclic) bond motifs is 1. The van der Waals surface area contributed by atoms with Crippen molar-refractivity contribution in [3.63, 3.8) is 0 Å². The lowest BCUT2D eigenvalue weighted by molar-refractivity contribution is 0.108. The summed E-state index contributed by atoms with van der Waals surface area (Å²) in [7, 11) is 2.09. The predicted molar refractivity (Wildman–Crippen MR) is 90.8 cm³/mol. The molecule has 0 N–H and O–H groups in total. The van der Waals surface area contributed by atoms with E-state index in [9.17, 15) is 0 Å². The number of para-hydroxylation sites is 1. The molecule has 0 atom stereocenters. The zero-order chi connectivity index (χ0) is 14.7. The van der Waals surface area contributed by atoms with Gasteiger partial charge in [0.1, 0.15) is 0 Å². The molecule has 0 radical (unpaired) electrons. The van der Waals surface area contributed by atoms with Crippen LogP contribution in [-0.4, -0.2) is 10.3 Å². The molecule has 0 aliphatic heterocycles. The summed E-state index contributed by atoms with van der Waals surface area (Å²) in [4.78, 5) is 1.02. The van der Waals surface area contributed by atoms with E-state index in [1.807, 2.05) is 0 Å². The van der Waals surface area contributed by atoms with Gasteiger partial charge < -0.3 is 4.57 Å². The van der Waals surface area contributed by atoms with Crippen molar-refractivity contribution in [1.29, 1.82) is 0 Å². The van der Waals surface area contributed by atoms with E-state index in [2.05, 4.69) is 41.0 Å². The number of hydrogen-bond acceptors (Lipinski definition) is 3. The van der Waals surface area contributed by atoms with Crippen molar-refractivity contribution in [2.45, 2.75) is 32.1 Å². The molecule has 4 aliphatic carbocycles. The Labute approximate surface area is 134 Å². The third-order valence-electron chi connectivity index (χ3n) is 5.94. The average molecular weight is 311 g/mol. The third-order valence-corrected chi connectivity index (χ3v) is 7.04. The van der Waals surface area contributed by atoms with Crippen LogP contribution in [0.3, 0.4) is 0 Å². The van der Waals surface area contributed by atoms with Crippen LogP contribution in [0.5, 0.6) is 0 Å². The van der Waals surface area contributed by atoms with Gasteiger partial charge in [-0.25, -0.2) is 0 Å². The quantitative estimate of drug-likeness (QED) is 0.714. The van der Waals surface area contributed by atoms with Gasteiger partial charge in [0, 0.05) is 12.8 Å². The highest BCUT2D eigenvalue weighted by atomic mass is 32.1. The first-order valence-electron chi connectivity index (χ1n) is 8.44. The van der Waals surface area contributed by atoms with Gasteiger partial charge in [-0.2, -0.15) is 5.10 Å². The molecule has 1 heterocycles. The molecule has 4 saturated carbocycles. The van der Waals surface area contributed by atoms with E-state index in [-0.39, 0.29) is 0 Å². The highest BCUT2D eigenvalue weighted by molar-refractivity contribution is 7.16. The maximum Gasteiger partial charge on any atom is 0.211 e. The van der Waals surface area contributed by atoms with Gasteiger partial charge in [-0.05, 0) is 67.9 Å². The van der Waals surface area contributed by atoms with Crippen LogP contribution in [-0.2, 0) is 7.05 Å². The van der Waals surface area contributed by atoms with E-state index in [4.69, 9.17) is 5.10 Å². The molecule has 0 unspecified atom stereocenters. The molecule has 114 valence electrons. The summed E-state index contributed by atoms with van der Waals surface area (Å²) < 4.78 is 3.45. The SMILES string of the molecule is Cn1/c(=N\N=C2C3CC4CC(C3)CC2C4)sc2ccccc21. The van der Waals surface area contributed by atoms with Crippen LogP contribution in [0.4, 0.5) is 0 Å². The van der Waals surface area contributed by atoms with Crippen LogP contribution >= 0.6 is 11.3 Å². The number of thiazole rings is 1. The van der Waals surface area contributed by atoms with Crippen molar-refractivity contribution < 1.29 is 0 Å². The molecule has 2 aromatic rings. The minimum absolute atomic E-state index is 0.736. The Morgan fingerprint density at radius 3 is 2.32 bits per heavy atom. The average Bonchev–Trinajstić information content (AvgIpc) is 2.83. The van der Waals surface area contributed by atoms with Crippen molar-refractivity contribution in [2.75, 3.05) is 0 Å². The summed E-state index contributed by atoms with van der Waals surface area (Å²) in [5, 5.41) is 9.44. The maximum absolute atomic E-state index is 4.78. The fraction of sp³-hybridized carbons (Fsp3) is 0.556. The largest absolute Gasteiger partial charge is 0.318 e. The minimum Gasteiger partial charge on any atom is -0.318 e. The van der Waals surface area contributed by atoms with Crippen LogP contribution in [0.2, 0.25) is 0 Å². The van der Waals surface area contributed by atoms with Crippen molar-refractivity contribution in [3.8, 4) is 0 Å². The van der Waals surface area contributed by atoms with Crippen LogP contribution in [0, 0.1) is 23.7 Å². The number of rotatable bonds is 1. The number of aromatic nitrogens is 1. The first-order valence-corrected chi connectivity index (χ1v) is 9.25. The van der Waals surface area contributed by atoms with Crippen LogP contribution in [0.25, 0.3) is 10.2 Å². The van der Waals surface area contributed by atoms with Gasteiger partial charge in [0.05, 0.1) is 10.2 Å². The topological polar surface area (TPSA) is 29.6 Å². The molecule has 0 saturated heterocycles. The number of nitrogens with zero attached hydrogens (tertiary/aromatic N) is 3. The minimum atomic E-state index is 0.736.